The van der Waals surface area contributed by atoms with Crippen molar-refractivity contribution in [3.63, 3.8) is 0 Å². The number of thioether (sulfide) groups is 1. The van der Waals surface area contributed by atoms with Gasteiger partial charge in [-0.05, 0) is 36.9 Å². The van der Waals surface area contributed by atoms with E-state index in [-0.39, 0.29) is 16.8 Å². The fourth-order valence-corrected chi connectivity index (χ4v) is 4.72. The summed E-state index contributed by atoms with van der Waals surface area (Å²) in [7, 11) is 0. The lowest BCUT2D eigenvalue weighted by Gasteiger charge is -2.35. The highest BCUT2D eigenvalue weighted by atomic mass is 32.2. The zero-order valence-corrected chi connectivity index (χ0v) is 16.9. The minimum absolute atomic E-state index is 0.0667. The lowest BCUT2D eigenvalue weighted by Crippen LogP contribution is -2.50. The second-order valence-electron chi connectivity index (χ2n) is 6.51. The Morgan fingerprint density at radius 3 is 2.52 bits per heavy atom. The van der Waals surface area contributed by atoms with Gasteiger partial charge in [-0.2, -0.15) is 0 Å². The number of rotatable bonds is 7. The van der Waals surface area contributed by atoms with E-state index in [1.165, 1.54) is 28.8 Å². The standard InChI is InChI=1S/C19H23N3O3S2/c1-15(27-18-6-4-16(5-7-18)22(24)25)19(23)21-12-10-20(11-13-21)9-8-17-3-2-14-26-17/h2-7,14-15H,8-13H2,1H3. The molecule has 2 aromatic rings. The van der Waals surface area contributed by atoms with Crippen LogP contribution < -0.4 is 0 Å². The van der Waals surface area contributed by atoms with Crippen LogP contribution in [0.1, 0.15) is 11.8 Å². The first kappa shape index (κ1) is 19.9. The van der Waals surface area contributed by atoms with Crippen molar-refractivity contribution >= 4 is 34.7 Å². The van der Waals surface area contributed by atoms with Crippen molar-refractivity contribution in [1.82, 2.24) is 9.80 Å². The van der Waals surface area contributed by atoms with Crippen molar-refractivity contribution in [3.8, 4) is 0 Å². The lowest BCUT2D eigenvalue weighted by atomic mass is 10.2. The average molecular weight is 406 g/mol. The number of nitro groups is 1. The maximum Gasteiger partial charge on any atom is 0.269 e. The number of hydrogen-bond acceptors (Lipinski definition) is 6. The highest BCUT2D eigenvalue weighted by Crippen LogP contribution is 2.26. The third-order valence-corrected chi connectivity index (χ3v) is 6.68. The third-order valence-electron chi connectivity index (χ3n) is 4.65. The summed E-state index contributed by atoms with van der Waals surface area (Å²) in [6, 6.07) is 10.6. The fourth-order valence-electron chi connectivity index (χ4n) is 3.07. The predicted octanol–water partition coefficient (Wildman–Crippen LogP) is 3.52. The van der Waals surface area contributed by atoms with E-state index in [0.717, 1.165) is 44.0 Å². The van der Waals surface area contributed by atoms with Gasteiger partial charge in [0.25, 0.3) is 5.69 Å². The summed E-state index contributed by atoms with van der Waals surface area (Å²) < 4.78 is 0. The molecule has 27 heavy (non-hydrogen) atoms. The van der Waals surface area contributed by atoms with Crippen molar-refractivity contribution in [2.24, 2.45) is 0 Å². The van der Waals surface area contributed by atoms with Gasteiger partial charge in [0.05, 0.1) is 10.2 Å². The second-order valence-corrected chi connectivity index (χ2v) is 8.95. The van der Waals surface area contributed by atoms with Gasteiger partial charge < -0.3 is 4.90 Å². The molecule has 0 radical (unpaired) electrons. The summed E-state index contributed by atoms with van der Waals surface area (Å²) in [6.07, 6.45) is 1.07. The van der Waals surface area contributed by atoms with Crippen LogP contribution in [0.25, 0.3) is 0 Å². The van der Waals surface area contributed by atoms with Crippen LogP contribution in [0.5, 0.6) is 0 Å². The first-order chi connectivity index (χ1) is 13.0. The average Bonchev–Trinajstić information content (AvgIpc) is 3.20. The van der Waals surface area contributed by atoms with Crippen molar-refractivity contribution in [2.75, 3.05) is 32.7 Å². The molecule has 144 valence electrons. The van der Waals surface area contributed by atoms with Crippen LogP contribution in [-0.2, 0) is 11.2 Å². The highest BCUT2D eigenvalue weighted by molar-refractivity contribution is 8.00. The monoisotopic (exact) mass is 405 g/mol. The first-order valence-electron chi connectivity index (χ1n) is 8.97. The second kappa shape index (κ2) is 9.34. The van der Waals surface area contributed by atoms with Crippen molar-refractivity contribution < 1.29 is 9.72 Å². The van der Waals surface area contributed by atoms with Crippen LogP contribution in [0.3, 0.4) is 0 Å². The third kappa shape index (κ3) is 5.54. The smallest absolute Gasteiger partial charge is 0.269 e. The Morgan fingerprint density at radius 2 is 1.93 bits per heavy atom. The Hall–Kier alpha value is -1.90. The van der Waals surface area contributed by atoms with E-state index in [1.807, 2.05) is 11.8 Å². The minimum atomic E-state index is -0.416. The van der Waals surface area contributed by atoms with Crippen molar-refractivity contribution in [2.45, 2.75) is 23.5 Å². The molecule has 1 aromatic heterocycles. The Labute approximate surface area is 167 Å². The molecule has 1 aromatic carbocycles. The molecule has 1 aliphatic rings. The van der Waals surface area contributed by atoms with Gasteiger partial charge in [0.2, 0.25) is 5.91 Å². The van der Waals surface area contributed by atoms with Crippen molar-refractivity contribution in [3.05, 3.63) is 56.8 Å². The highest BCUT2D eigenvalue weighted by Gasteiger charge is 2.25. The molecule has 1 amide bonds. The number of hydrogen-bond donors (Lipinski definition) is 0. The van der Waals surface area contributed by atoms with E-state index >= 15 is 0 Å². The molecule has 1 fully saturated rings. The minimum Gasteiger partial charge on any atom is -0.339 e. The van der Waals surface area contributed by atoms with Gasteiger partial charge >= 0.3 is 0 Å². The fraction of sp³-hybridized carbons (Fsp3) is 0.421. The molecular weight excluding hydrogens is 382 g/mol. The number of thiophene rings is 1. The van der Waals surface area contributed by atoms with Gasteiger partial charge in [-0.3, -0.25) is 19.8 Å². The number of nitrogens with zero attached hydrogens (tertiary/aromatic N) is 3. The Morgan fingerprint density at radius 1 is 1.22 bits per heavy atom. The van der Waals surface area contributed by atoms with Crippen LogP contribution in [0, 0.1) is 10.1 Å². The van der Waals surface area contributed by atoms with Crippen LogP contribution in [-0.4, -0.2) is 58.6 Å². The van der Waals surface area contributed by atoms with Gasteiger partial charge in [-0.1, -0.05) is 6.07 Å². The summed E-state index contributed by atoms with van der Waals surface area (Å²) in [5.74, 6) is 0.135. The quantitative estimate of drug-likeness (QED) is 0.401. The zero-order valence-electron chi connectivity index (χ0n) is 15.2. The number of benzene rings is 1. The molecule has 0 saturated carbocycles. The van der Waals surface area contributed by atoms with E-state index < -0.39 is 4.92 Å². The molecule has 6 nitrogen and oxygen atoms in total. The largest absolute Gasteiger partial charge is 0.339 e. The maximum absolute atomic E-state index is 12.7. The zero-order chi connectivity index (χ0) is 19.2. The molecule has 8 heteroatoms. The molecule has 2 heterocycles. The summed E-state index contributed by atoms with van der Waals surface area (Å²) in [6.45, 7) is 6.27. The van der Waals surface area contributed by atoms with Crippen LogP contribution in [0.2, 0.25) is 0 Å². The normalized spacial score (nSPS) is 16.3. The van der Waals surface area contributed by atoms with Gasteiger partial charge in [-0.15, -0.1) is 23.1 Å². The number of carbonyl (C=O) groups is 1. The summed E-state index contributed by atoms with van der Waals surface area (Å²) in [5.41, 5.74) is 0.0667. The number of amides is 1. The molecule has 1 atom stereocenters. The van der Waals surface area contributed by atoms with Gasteiger partial charge in [0.1, 0.15) is 0 Å². The Bertz CT molecular complexity index is 757. The molecule has 0 spiro atoms. The lowest BCUT2D eigenvalue weighted by molar-refractivity contribution is -0.384. The number of non-ortho nitro benzene ring substituents is 1. The Balaban J connectivity index is 1.44. The van der Waals surface area contributed by atoms with E-state index in [1.54, 1.807) is 23.5 Å². The number of piperazine rings is 1. The predicted molar refractivity (Wildman–Crippen MR) is 109 cm³/mol. The molecule has 3 rings (SSSR count). The molecule has 1 saturated heterocycles. The van der Waals surface area contributed by atoms with Crippen LogP contribution in [0.4, 0.5) is 5.69 Å². The van der Waals surface area contributed by atoms with Gasteiger partial charge in [0.15, 0.2) is 0 Å². The molecule has 1 aliphatic heterocycles. The SMILES string of the molecule is CC(Sc1ccc([N+](=O)[O-])cc1)C(=O)N1CCN(CCc2cccs2)CC1. The number of nitro benzene ring substituents is 1. The van der Waals surface area contributed by atoms with E-state index in [2.05, 4.69) is 22.4 Å². The first-order valence-corrected chi connectivity index (χ1v) is 10.7. The summed E-state index contributed by atoms with van der Waals surface area (Å²) in [5, 5.41) is 12.6. The van der Waals surface area contributed by atoms with E-state index in [0.29, 0.717) is 0 Å². The topological polar surface area (TPSA) is 66.7 Å². The Kier molecular flexibility index (Phi) is 6.87. The van der Waals surface area contributed by atoms with Gasteiger partial charge in [0, 0.05) is 54.6 Å². The van der Waals surface area contributed by atoms with E-state index in [9.17, 15) is 14.9 Å². The molecule has 1 unspecified atom stereocenters. The van der Waals surface area contributed by atoms with Crippen LogP contribution >= 0.6 is 23.1 Å². The number of carbonyl (C=O) groups excluding carboxylic acids is 1. The molecule has 0 N–H and O–H groups in total. The van der Waals surface area contributed by atoms with Crippen LogP contribution in [0.15, 0.2) is 46.7 Å². The van der Waals surface area contributed by atoms with Gasteiger partial charge in [-0.25, -0.2) is 0 Å². The summed E-state index contributed by atoms with van der Waals surface area (Å²) >= 11 is 3.24. The maximum atomic E-state index is 12.7. The molecular formula is C19H23N3O3S2. The van der Waals surface area contributed by atoms with Crippen molar-refractivity contribution in [1.29, 1.82) is 0 Å². The molecule has 0 aliphatic carbocycles. The van der Waals surface area contributed by atoms with E-state index in [4.69, 9.17) is 0 Å². The summed E-state index contributed by atoms with van der Waals surface area (Å²) in [4.78, 5) is 29.6. The molecule has 0 bridgehead atoms.